The zero-order valence-electron chi connectivity index (χ0n) is 14.5. The van der Waals surface area contributed by atoms with Gasteiger partial charge in [0.1, 0.15) is 0 Å². The fourth-order valence-corrected chi connectivity index (χ4v) is 2.77. The van der Waals surface area contributed by atoms with Crippen LogP contribution in [0.25, 0.3) is 0 Å². The van der Waals surface area contributed by atoms with Gasteiger partial charge in [-0.1, -0.05) is 105 Å². The van der Waals surface area contributed by atoms with Gasteiger partial charge in [0.25, 0.3) is 0 Å². The van der Waals surface area contributed by atoms with Crippen LogP contribution in [0.1, 0.15) is 105 Å². The van der Waals surface area contributed by atoms with Crippen molar-refractivity contribution in [2.75, 3.05) is 0 Å². The highest BCUT2D eigenvalue weighted by Gasteiger charge is 2.03. The molecule has 0 saturated heterocycles. The number of hydrogen-bond donors (Lipinski definition) is 0. The molecule has 1 atom stereocenters. The normalized spacial score (nSPS) is 13.4. The highest BCUT2D eigenvalue weighted by molar-refractivity contribution is 4.56. The molecule has 0 saturated carbocycles. The van der Waals surface area contributed by atoms with Crippen molar-refractivity contribution in [3.8, 4) is 0 Å². The van der Waals surface area contributed by atoms with E-state index in [2.05, 4.69) is 34.6 Å². The smallest absolute Gasteiger partial charge is 0.0443 e. The average molecular weight is 269 g/mol. The molecule has 19 heavy (non-hydrogen) atoms. The van der Waals surface area contributed by atoms with E-state index in [0.717, 1.165) is 17.8 Å². The van der Waals surface area contributed by atoms with Crippen LogP contribution in [0, 0.1) is 17.8 Å². The highest BCUT2D eigenvalue weighted by atomic mass is 14.1. The van der Waals surface area contributed by atoms with Gasteiger partial charge in [-0.2, -0.15) is 0 Å². The lowest BCUT2D eigenvalue weighted by Crippen LogP contribution is -1.96. The lowest BCUT2D eigenvalue weighted by atomic mass is 9.95. The highest BCUT2D eigenvalue weighted by Crippen LogP contribution is 2.19. The van der Waals surface area contributed by atoms with Gasteiger partial charge < -0.3 is 0 Å². The van der Waals surface area contributed by atoms with Gasteiger partial charge >= 0.3 is 0 Å². The van der Waals surface area contributed by atoms with Crippen molar-refractivity contribution < 1.29 is 0 Å². The van der Waals surface area contributed by atoms with E-state index in [4.69, 9.17) is 0 Å². The van der Waals surface area contributed by atoms with Gasteiger partial charge in [-0.15, -0.1) is 0 Å². The van der Waals surface area contributed by atoms with Crippen molar-refractivity contribution in [1.29, 1.82) is 0 Å². The summed E-state index contributed by atoms with van der Waals surface area (Å²) in [4.78, 5) is 0. The number of hydrogen-bond acceptors (Lipinski definition) is 0. The van der Waals surface area contributed by atoms with E-state index < -0.39 is 0 Å². The first-order valence-electron chi connectivity index (χ1n) is 9.02. The topological polar surface area (TPSA) is 0 Å². The van der Waals surface area contributed by atoms with Crippen LogP contribution in [0.3, 0.4) is 0 Å². The molecule has 0 N–H and O–H groups in total. The summed E-state index contributed by atoms with van der Waals surface area (Å²) < 4.78 is 0. The number of rotatable bonds is 13. The molecular weight excluding hydrogens is 228 g/mol. The molecule has 0 aromatic heterocycles. The lowest BCUT2D eigenvalue weighted by Gasteiger charge is -2.11. The summed E-state index contributed by atoms with van der Waals surface area (Å²) in [5, 5.41) is 0. The number of unbranched alkanes of at least 4 members (excludes halogenated alkanes) is 5. The van der Waals surface area contributed by atoms with Crippen molar-refractivity contribution in [2.45, 2.75) is 105 Å². The standard InChI is InChI=1S/C19H40/c1-17(2)13-9-7-6-8-10-15-19(5)16-12-11-14-18(3)4/h17-19H,6-16H2,1-5H3. The van der Waals surface area contributed by atoms with Crippen LogP contribution in [-0.4, -0.2) is 0 Å². The second kappa shape index (κ2) is 13.0. The quantitative estimate of drug-likeness (QED) is 0.309. The molecule has 0 rings (SSSR count). The van der Waals surface area contributed by atoms with Crippen LogP contribution < -0.4 is 0 Å². The van der Waals surface area contributed by atoms with Gasteiger partial charge in [0, 0.05) is 0 Å². The molecule has 0 bridgehead atoms. The Balaban J connectivity index is 3.18. The Bertz CT molecular complexity index is 169. The van der Waals surface area contributed by atoms with Crippen molar-refractivity contribution in [3.63, 3.8) is 0 Å². The van der Waals surface area contributed by atoms with E-state index in [9.17, 15) is 0 Å². The fourth-order valence-electron chi connectivity index (χ4n) is 2.77. The zero-order valence-corrected chi connectivity index (χ0v) is 14.5. The summed E-state index contributed by atoms with van der Waals surface area (Å²) in [6.07, 6.45) is 16.0. The minimum absolute atomic E-state index is 0.890. The van der Waals surface area contributed by atoms with Gasteiger partial charge in [-0.3, -0.25) is 0 Å². The molecule has 0 radical (unpaired) electrons. The van der Waals surface area contributed by atoms with Crippen molar-refractivity contribution in [2.24, 2.45) is 17.8 Å². The maximum Gasteiger partial charge on any atom is -0.0443 e. The predicted octanol–water partition coefficient (Wildman–Crippen LogP) is 7.23. The molecule has 0 spiro atoms. The maximum absolute atomic E-state index is 2.45. The van der Waals surface area contributed by atoms with E-state index in [1.165, 1.54) is 70.6 Å². The summed E-state index contributed by atoms with van der Waals surface area (Å²) in [6, 6.07) is 0. The minimum atomic E-state index is 0.890. The molecule has 0 aliphatic heterocycles. The molecular formula is C19H40. The van der Waals surface area contributed by atoms with Crippen molar-refractivity contribution in [1.82, 2.24) is 0 Å². The second-order valence-corrected chi connectivity index (χ2v) is 7.52. The molecule has 0 nitrogen and oxygen atoms in total. The Morgan fingerprint density at radius 2 is 0.737 bits per heavy atom. The SMILES string of the molecule is CC(C)CCCCCCCC(C)CCCCC(C)C. The molecule has 0 fully saturated rings. The first-order valence-corrected chi connectivity index (χ1v) is 9.02. The third-order valence-corrected chi connectivity index (χ3v) is 4.21. The minimum Gasteiger partial charge on any atom is -0.0628 e. The average Bonchev–Trinajstić information content (AvgIpc) is 2.33. The van der Waals surface area contributed by atoms with E-state index >= 15 is 0 Å². The van der Waals surface area contributed by atoms with Crippen LogP contribution >= 0.6 is 0 Å². The fraction of sp³-hybridized carbons (Fsp3) is 1.00. The van der Waals surface area contributed by atoms with Crippen LogP contribution in [0.4, 0.5) is 0 Å². The third kappa shape index (κ3) is 15.9. The monoisotopic (exact) mass is 268 g/mol. The van der Waals surface area contributed by atoms with Gasteiger partial charge in [-0.05, 0) is 17.8 Å². The van der Waals surface area contributed by atoms with Crippen molar-refractivity contribution >= 4 is 0 Å². The summed E-state index contributed by atoms with van der Waals surface area (Å²) >= 11 is 0. The first kappa shape index (κ1) is 19.0. The van der Waals surface area contributed by atoms with Crippen LogP contribution in [0.2, 0.25) is 0 Å². The molecule has 0 heteroatoms. The Morgan fingerprint density at radius 1 is 0.421 bits per heavy atom. The van der Waals surface area contributed by atoms with E-state index in [-0.39, 0.29) is 0 Å². The Morgan fingerprint density at radius 3 is 1.21 bits per heavy atom. The molecule has 0 amide bonds. The molecule has 0 aliphatic carbocycles. The van der Waals surface area contributed by atoms with Crippen LogP contribution in [0.15, 0.2) is 0 Å². The van der Waals surface area contributed by atoms with Gasteiger partial charge in [0.15, 0.2) is 0 Å². The Labute approximate surface area is 123 Å². The summed E-state index contributed by atoms with van der Waals surface area (Å²) in [6.45, 7) is 11.8. The van der Waals surface area contributed by atoms with Gasteiger partial charge in [-0.25, -0.2) is 0 Å². The van der Waals surface area contributed by atoms with E-state index in [0.29, 0.717) is 0 Å². The summed E-state index contributed by atoms with van der Waals surface area (Å²) in [5.74, 6) is 2.75. The summed E-state index contributed by atoms with van der Waals surface area (Å²) in [5.41, 5.74) is 0. The molecule has 0 aromatic rings. The first-order chi connectivity index (χ1) is 9.02. The Kier molecular flexibility index (Phi) is 13.0. The third-order valence-electron chi connectivity index (χ3n) is 4.21. The lowest BCUT2D eigenvalue weighted by molar-refractivity contribution is 0.421. The molecule has 116 valence electrons. The van der Waals surface area contributed by atoms with Crippen molar-refractivity contribution in [3.05, 3.63) is 0 Å². The molecule has 0 aliphatic rings. The van der Waals surface area contributed by atoms with E-state index in [1.54, 1.807) is 0 Å². The zero-order chi connectivity index (χ0) is 14.5. The molecule has 0 heterocycles. The predicted molar refractivity (Wildman–Crippen MR) is 89.6 cm³/mol. The molecule has 1 unspecified atom stereocenters. The Hall–Kier alpha value is 0. The van der Waals surface area contributed by atoms with Crippen LogP contribution in [-0.2, 0) is 0 Å². The van der Waals surface area contributed by atoms with E-state index in [1.807, 2.05) is 0 Å². The largest absolute Gasteiger partial charge is 0.0628 e. The van der Waals surface area contributed by atoms with Crippen LogP contribution in [0.5, 0.6) is 0 Å². The summed E-state index contributed by atoms with van der Waals surface area (Å²) in [7, 11) is 0. The van der Waals surface area contributed by atoms with Gasteiger partial charge in [0.05, 0.1) is 0 Å². The molecule has 0 aromatic carbocycles. The maximum atomic E-state index is 2.45. The second-order valence-electron chi connectivity index (χ2n) is 7.52. The van der Waals surface area contributed by atoms with Gasteiger partial charge in [0.2, 0.25) is 0 Å².